The highest BCUT2D eigenvalue weighted by atomic mass is 35.5. The second-order valence-corrected chi connectivity index (χ2v) is 7.34. The Bertz CT molecular complexity index is 803. The summed E-state index contributed by atoms with van der Waals surface area (Å²) in [4.78, 5) is 10.7. The van der Waals surface area contributed by atoms with Crippen LogP contribution in [0.15, 0.2) is 53.4 Å². The Hall–Kier alpha value is -1.93. The molecule has 8 heteroatoms. The molecule has 0 heterocycles. The molecule has 6 nitrogen and oxygen atoms in total. The third kappa shape index (κ3) is 5.04. The number of carbonyl (C=O) groups is 1. The van der Waals surface area contributed by atoms with Crippen molar-refractivity contribution in [3.05, 3.63) is 64.7 Å². The number of carboxylic acids is 1. The topological polar surface area (TPSA) is 104 Å². The Morgan fingerprint density at radius 1 is 1.08 bits per heavy atom. The first-order valence-corrected chi connectivity index (χ1v) is 8.88. The van der Waals surface area contributed by atoms with E-state index in [1.54, 1.807) is 24.3 Å². The van der Waals surface area contributed by atoms with Gasteiger partial charge in [0, 0.05) is 11.6 Å². The minimum absolute atomic E-state index is 0.0518. The molecule has 2 rings (SSSR count). The van der Waals surface area contributed by atoms with Gasteiger partial charge in [-0.2, -0.15) is 0 Å². The molecule has 0 saturated carbocycles. The third-order valence-corrected chi connectivity index (χ3v) is 5.00. The first-order chi connectivity index (χ1) is 11.3. The van der Waals surface area contributed by atoms with E-state index in [0.29, 0.717) is 16.1 Å². The summed E-state index contributed by atoms with van der Waals surface area (Å²) < 4.78 is 26.6. The zero-order valence-electron chi connectivity index (χ0n) is 12.5. The molecule has 0 aliphatic rings. The molecule has 1 unspecified atom stereocenters. The molecule has 24 heavy (non-hydrogen) atoms. The number of aliphatic hydroxyl groups is 1. The first kappa shape index (κ1) is 18.4. The normalized spacial score (nSPS) is 12.8. The molecule has 0 aliphatic heterocycles. The predicted octanol–water partition coefficient (Wildman–Crippen LogP) is 1.98. The summed E-state index contributed by atoms with van der Waals surface area (Å²) in [6.07, 6.45) is -1.16. The number of hydrogen-bond donors (Lipinski definition) is 3. The maximum Gasteiger partial charge on any atom is 0.307 e. The highest BCUT2D eigenvalue weighted by Crippen LogP contribution is 2.16. The number of aliphatic carboxylic acids is 1. The van der Waals surface area contributed by atoms with Crippen molar-refractivity contribution in [2.75, 3.05) is 6.54 Å². The van der Waals surface area contributed by atoms with Crippen LogP contribution in [0.1, 0.15) is 17.2 Å². The second-order valence-electron chi connectivity index (χ2n) is 5.13. The van der Waals surface area contributed by atoms with Crippen molar-refractivity contribution in [2.24, 2.45) is 0 Å². The highest BCUT2D eigenvalue weighted by Gasteiger charge is 2.16. The minimum atomic E-state index is -3.75. The van der Waals surface area contributed by atoms with Gasteiger partial charge in [0.15, 0.2) is 0 Å². The Balaban J connectivity index is 2.00. The highest BCUT2D eigenvalue weighted by molar-refractivity contribution is 7.89. The number of aliphatic hydroxyl groups excluding tert-OH is 1. The SMILES string of the molecule is O=C(O)Cc1ccc(C(O)CNS(=O)(=O)c2ccc(Cl)cc2)cc1. The Labute approximate surface area is 144 Å². The van der Waals surface area contributed by atoms with Crippen LogP contribution in [0.2, 0.25) is 5.02 Å². The van der Waals surface area contributed by atoms with Gasteiger partial charge in [-0.05, 0) is 35.4 Å². The molecule has 2 aromatic carbocycles. The molecule has 1 atom stereocenters. The van der Waals surface area contributed by atoms with Crippen LogP contribution in [0.5, 0.6) is 0 Å². The zero-order valence-corrected chi connectivity index (χ0v) is 14.1. The van der Waals surface area contributed by atoms with Crippen molar-refractivity contribution in [3.63, 3.8) is 0 Å². The minimum Gasteiger partial charge on any atom is -0.481 e. The van der Waals surface area contributed by atoms with E-state index in [1.807, 2.05) is 0 Å². The number of hydrogen-bond acceptors (Lipinski definition) is 4. The molecular formula is C16H16ClNO5S. The number of sulfonamides is 1. The van der Waals surface area contributed by atoms with Gasteiger partial charge in [0.1, 0.15) is 0 Å². The van der Waals surface area contributed by atoms with E-state index in [0.717, 1.165) is 0 Å². The van der Waals surface area contributed by atoms with E-state index in [9.17, 15) is 18.3 Å². The van der Waals surface area contributed by atoms with Crippen LogP contribution in [0.25, 0.3) is 0 Å². The average Bonchev–Trinajstić information content (AvgIpc) is 2.53. The van der Waals surface area contributed by atoms with E-state index in [2.05, 4.69) is 4.72 Å². The van der Waals surface area contributed by atoms with E-state index >= 15 is 0 Å². The molecular weight excluding hydrogens is 354 g/mol. The Kier molecular flexibility index (Phi) is 5.95. The Morgan fingerprint density at radius 2 is 1.67 bits per heavy atom. The van der Waals surface area contributed by atoms with E-state index in [4.69, 9.17) is 16.7 Å². The average molecular weight is 370 g/mol. The van der Waals surface area contributed by atoms with E-state index in [-0.39, 0.29) is 17.9 Å². The number of benzene rings is 2. The predicted molar refractivity (Wildman–Crippen MR) is 89.4 cm³/mol. The summed E-state index contributed by atoms with van der Waals surface area (Å²) in [7, 11) is -3.75. The maximum absolute atomic E-state index is 12.1. The monoisotopic (exact) mass is 369 g/mol. The van der Waals surface area contributed by atoms with Gasteiger partial charge in [-0.15, -0.1) is 0 Å². The van der Waals surface area contributed by atoms with Crippen molar-refractivity contribution in [3.8, 4) is 0 Å². The largest absolute Gasteiger partial charge is 0.481 e. The molecule has 128 valence electrons. The molecule has 0 fully saturated rings. The number of halogens is 1. The number of nitrogens with one attached hydrogen (secondary N) is 1. The lowest BCUT2D eigenvalue weighted by atomic mass is 10.1. The first-order valence-electron chi connectivity index (χ1n) is 7.02. The van der Waals surface area contributed by atoms with Crippen LogP contribution in [0.3, 0.4) is 0 Å². The van der Waals surface area contributed by atoms with Crippen molar-refractivity contribution in [1.82, 2.24) is 4.72 Å². The van der Waals surface area contributed by atoms with Crippen molar-refractivity contribution >= 4 is 27.6 Å². The lowest BCUT2D eigenvalue weighted by Crippen LogP contribution is -2.28. The molecule has 0 aliphatic carbocycles. The molecule has 3 N–H and O–H groups in total. The van der Waals surface area contributed by atoms with Crippen molar-refractivity contribution in [2.45, 2.75) is 17.4 Å². The fourth-order valence-electron chi connectivity index (χ4n) is 2.04. The maximum atomic E-state index is 12.1. The molecule has 0 bridgehead atoms. The van der Waals surface area contributed by atoms with Crippen LogP contribution in [0, 0.1) is 0 Å². The molecule has 2 aromatic rings. The van der Waals surface area contributed by atoms with Gasteiger partial charge in [-0.3, -0.25) is 4.79 Å². The summed E-state index contributed by atoms with van der Waals surface area (Å²) in [6.45, 7) is -0.205. The summed E-state index contributed by atoms with van der Waals surface area (Å²) in [6, 6.07) is 12.0. The van der Waals surface area contributed by atoms with Crippen molar-refractivity contribution in [1.29, 1.82) is 0 Å². The molecule has 0 saturated heterocycles. The van der Waals surface area contributed by atoms with E-state index < -0.39 is 22.1 Å². The smallest absolute Gasteiger partial charge is 0.307 e. The third-order valence-electron chi connectivity index (χ3n) is 3.31. The Morgan fingerprint density at radius 3 is 2.21 bits per heavy atom. The second kappa shape index (κ2) is 7.76. The van der Waals surface area contributed by atoms with Crippen LogP contribution in [-0.2, 0) is 21.2 Å². The van der Waals surface area contributed by atoms with Gasteiger partial charge in [0.05, 0.1) is 17.4 Å². The molecule has 0 amide bonds. The summed E-state index contributed by atoms with van der Waals surface area (Å²) >= 11 is 5.72. The fourth-order valence-corrected chi connectivity index (χ4v) is 3.20. The van der Waals surface area contributed by atoms with Gasteiger partial charge in [-0.25, -0.2) is 13.1 Å². The summed E-state index contributed by atoms with van der Waals surface area (Å²) in [5, 5.41) is 19.2. The van der Waals surface area contributed by atoms with Crippen molar-refractivity contribution < 1.29 is 23.4 Å². The van der Waals surface area contributed by atoms with Crippen LogP contribution >= 0.6 is 11.6 Å². The summed E-state index contributed by atoms with van der Waals surface area (Å²) in [5.74, 6) is -0.945. The number of carboxylic acid groups (broad SMARTS) is 1. The quantitative estimate of drug-likeness (QED) is 0.692. The zero-order chi connectivity index (χ0) is 17.7. The number of rotatable bonds is 7. The van der Waals surface area contributed by atoms with E-state index in [1.165, 1.54) is 24.3 Å². The summed E-state index contributed by atoms with van der Waals surface area (Å²) in [5.41, 5.74) is 1.09. The van der Waals surface area contributed by atoms with Crippen LogP contribution < -0.4 is 4.72 Å². The standard InChI is InChI=1S/C16H16ClNO5S/c17-13-5-7-14(8-6-13)24(22,23)18-10-15(19)12-3-1-11(2-4-12)9-16(20)21/h1-8,15,18-19H,9-10H2,(H,20,21). The van der Waals surface area contributed by atoms with Gasteiger partial charge in [0.2, 0.25) is 10.0 Å². The molecule has 0 aromatic heterocycles. The molecule has 0 spiro atoms. The van der Waals surface area contributed by atoms with Crippen LogP contribution in [-0.4, -0.2) is 31.1 Å². The fraction of sp³-hybridized carbons (Fsp3) is 0.188. The van der Waals surface area contributed by atoms with Crippen LogP contribution in [0.4, 0.5) is 0 Å². The lowest BCUT2D eigenvalue weighted by molar-refractivity contribution is -0.136. The van der Waals surface area contributed by atoms with Gasteiger partial charge >= 0.3 is 5.97 Å². The lowest BCUT2D eigenvalue weighted by Gasteiger charge is -2.13. The van der Waals surface area contributed by atoms with Gasteiger partial charge < -0.3 is 10.2 Å². The molecule has 0 radical (unpaired) electrons. The van der Waals surface area contributed by atoms with Gasteiger partial charge in [-0.1, -0.05) is 35.9 Å². The van der Waals surface area contributed by atoms with Gasteiger partial charge in [0.25, 0.3) is 0 Å².